The largest absolute Gasteiger partial charge is 0.462 e. The molecule has 0 bridgehead atoms. The molecule has 0 aliphatic carbocycles. The Hall–Kier alpha value is -3.22. The molecular weight excluding hydrogens is 336 g/mol. The fourth-order valence-electron chi connectivity index (χ4n) is 2.53. The number of benzene rings is 2. The highest BCUT2D eigenvalue weighted by Gasteiger charge is 2.21. The van der Waals surface area contributed by atoms with Gasteiger partial charge in [0, 0.05) is 17.0 Å². The second-order valence-corrected chi connectivity index (χ2v) is 5.67. The van der Waals surface area contributed by atoms with Crippen LogP contribution in [-0.4, -0.2) is 30.0 Å². The molecule has 0 aliphatic heterocycles. The topological polar surface area (TPSA) is 98.5 Å². The van der Waals surface area contributed by atoms with E-state index in [9.17, 15) is 19.7 Å². The number of amides is 1. The van der Waals surface area contributed by atoms with Crippen molar-refractivity contribution in [2.45, 2.75) is 19.3 Å². The number of hydrogen-bond acceptors (Lipinski definition) is 5. The van der Waals surface area contributed by atoms with Gasteiger partial charge in [-0.15, -0.1) is 0 Å². The van der Waals surface area contributed by atoms with Gasteiger partial charge in [0.25, 0.3) is 0 Å². The fraction of sp³-hybridized carbons (Fsp3) is 0.263. The van der Waals surface area contributed by atoms with Crippen LogP contribution in [0.5, 0.6) is 0 Å². The van der Waals surface area contributed by atoms with Crippen LogP contribution in [0.4, 0.5) is 5.69 Å². The summed E-state index contributed by atoms with van der Waals surface area (Å²) < 4.78 is 4.90. The van der Waals surface area contributed by atoms with Crippen molar-refractivity contribution in [3.63, 3.8) is 0 Å². The van der Waals surface area contributed by atoms with Gasteiger partial charge in [0.2, 0.25) is 12.5 Å². The molecule has 0 aromatic heterocycles. The lowest BCUT2D eigenvalue weighted by Crippen LogP contribution is -2.20. The zero-order chi connectivity index (χ0) is 18.9. The van der Waals surface area contributed by atoms with Crippen molar-refractivity contribution in [3.8, 4) is 0 Å². The molecule has 0 saturated carbocycles. The minimum absolute atomic E-state index is 0.00930. The van der Waals surface area contributed by atoms with Crippen LogP contribution < -0.4 is 5.32 Å². The summed E-state index contributed by atoms with van der Waals surface area (Å²) in [4.78, 5) is 34.4. The number of ether oxygens (including phenoxy) is 1. The Morgan fingerprint density at radius 1 is 1.12 bits per heavy atom. The van der Waals surface area contributed by atoms with Gasteiger partial charge in [-0.25, -0.2) is 4.79 Å². The van der Waals surface area contributed by atoms with Crippen LogP contribution in [0.2, 0.25) is 0 Å². The third-order valence-electron chi connectivity index (χ3n) is 3.75. The molecule has 0 heterocycles. The van der Waals surface area contributed by atoms with Crippen molar-refractivity contribution < 1.29 is 19.2 Å². The maximum atomic E-state index is 12.3. The summed E-state index contributed by atoms with van der Waals surface area (Å²) >= 11 is 0. The number of carbonyl (C=O) groups excluding carboxylic acids is 2. The second kappa shape index (κ2) is 9.31. The van der Waals surface area contributed by atoms with E-state index in [2.05, 4.69) is 5.32 Å². The fourth-order valence-corrected chi connectivity index (χ4v) is 2.53. The van der Waals surface area contributed by atoms with Crippen molar-refractivity contribution >= 4 is 17.6 Å². The van der Waals surface area contributed by atoms with Crippen LogP contribution in [0.1, 0.15) is 35.2 Å². The molecule has 0 aliphatic rings. The normalized spacial score (nSPS) is 11.4. The van der Waals surface area contributed by atoms with Crippen LogP contribution in [0.15, 0.2) is 54.6 Å². The third-order valence-corrected chi connectivity index (χ3v) is 3.75. The number of esters is 1. The molecule has 0 fully saturated rings. The van der Waals surface area contributed by atoms with Crippen LogP contribution in [0.3, 0.4) is 0 Å². The van der Waals surface area contributed by atoms with Gasteiger partial charge in [0.15, 0.2) is 0 Å². The quantitative estimate of drug-likeness (QED) is 0.445. The summed E-state index contributed by atoms with van der Waals surface area (Å²) in [5.41, 5.74) is 1.65. The highest BCUT2D eigenvalue weighted by molar-refractivity contribution is 5.93. The predicted octanol–water partition coefficient (Wildman–Crippen LogP) is 3.25. The lowest BCUT2D eigenvalue weighted by molar-refractivity contribution is -0.483. The van der Waals surface area contributed by atoms with Crippen molar-refractivity contribution in [3.05, 3.63) is 75.8 Å². The molecule has 1 atom stereocenters. The average molecular weight is 356 g/mol. The Morgan fingerprint density at radius 2 is 1.77 bits per heavy atom. The number of nitrogens with zero attached hydrogens (tertiary/aromatic N) is 1. The Morgan fingerprint density at radius 3 is 2.35 bits per heavy atom. The van der Waals surface area contributed by atoms with E-state index in [1.54, 1.807) is 55.5 Å². The maximum Gasteiger partial charge on any atom is 0.338 e. The summed E-state index contributed by atoms with van der Waals surface area (Å²) in [5, 5.41) is 13.6. The summed E-state index contributed by atoms with van der Waals surface area (Å²) in [5.74, 6) is -1.27. The summed E-state index contributed by atoms with van der Waals surface area (Å²) in [7, 11) is 0. The molecule has 2 aromatic carbocycles. The molecule has 0 radical (unpaired) electrons. The van der Waals surface area contributed by atoms with Gasteiger partial charge in [-0.1, -0.05) is 30.3 Å². The summed E-state index contributed by atoms with van der Waals surface area (Å²) in [6.45, 7) is 1.69. The minimum Gasteiger partial charge on any atom is -0.462 e. The first-order chi connectivity index (χ1) is 12.5. The van der Waals surface area contributed by atoms with Crippen molar-refractivity contribution in [1.82, 2.24) is 0 Å². The molecule has 136 valence electrons. The molecule has 1 N–H and O–H groups in total. The van der Waals surface area contributed by atoms with Crippen LogP contribution in [0, 0.1) is 10.1 Å². The van der Waals surface area contributed by atoms with Gasteiger partial charge < -0.3 is 10.1 Å². The van der Waals surface area contributed by atoms with Gasteiger partial charge in [0.1, 0.15) is 0 Å². The first-order valence-electron chi connectivity index (χ1n) is 8.23. The van der Waals surface area contributed by atoms with Crippen molar-refractivity contribution in [1.29, 1.82) is 0 Å². The molecule has 7 nitrogen and oxygen atoms in total. The number of nitrogens with one attached hydrogen (secondary N) is 1. The Labute approximate surface area is 151 Å². The minimum atomic E-state index is -0.509. The van der Waals surface area contributed by atoms with E-state index in [1.807, 2.05) is 6.07 Å². The van der Waals surface area contributed by atoms with Gasteiger partial charge >= 0.3 is 5.97 Å². The van der Waals surface area contributed by atoms with Crippen molar-refractivity contribution in [2.24, 2.45) is 0 Å². The number of hydrogen-bond donors (Lipinski definition) is 1. The number of carbonyl (C=O) groups is 2. The highest BCUT2D eigenvalue weighted by Crippen LogP contribution is 2.21. The highest BCUT2D eigenvalue weighted by atomic mass is 16.6. The van der Waals surface area contributed by atoms with E-state index in [-0.39, 0.29) is 25.5 Å². The molecule has 2 rings (SSSR count). The molecule has 7 heteroatoms. The lowest BCUT2D eigenvalue weighted by Gasteiger charge is -2.13. The smallest absolute Gasteiger partial charge is 0.338 e. The number of nitro groups is 1. The Balaban J connectivity index is 2.01. The molecule has 26 heavy (non-hydrogen) atoms. The second-order valence-electron chi connectivity index (χ2n) is 5.67. The van der Waals surface area contributed by atoms with Crippen LogP contribution in [0.25, 0.3) is 0 Å². The molecule has 2 aromatic rings. The van der Waals surface area contributed by atoms with Crippen LogP contribution in [-0.2, 0) is 9.53 Å². The Bertz CT molecular complexity index is 759. The zero-order valence-corrected chi connectivity index (χ0v) is 14.4. The van der Waals surface area contributed by atoms with E-state index in [1.165, 1.54) is 0 Å². The first-order valence-corrected chi connectivity index (χ1v) is 8.23. The molecule has 0 saturated heterocycles. The van der Waals surface area contributed by atoms with Crippen LogP contribution >= 0.6 is 0 Å². The average Bonchev–Trinajstić information content (AvgIpc) is 2.62. The standard InChI is InChI=1S/C19H20N2O5/c1-2-26-19(23)15-8-10-17(11-9-15)20-18(22)12-16(13-21(24)25)14-6-4-3-5-7-14/h3-11,16H,2,12-13H2,1H3,(H,20,22). The van der Waals surface area contributed by atoms with Gasteiger partial charge in [-0.05, 0) is 36.8 Å². The van der Waals surface area contributed by atoms with Crippen molar-refractivity contribution in [2.75, 3.05) is 18.5 Å². The zero-order valence-electron chi connectivity index (χ0n) is 14.4. The Kier molecular flexibility index (Phi) is 6.84. The molecule has 0 spiro atoms. The lowest BCUT2D eigenvalue weighted by atomic mass is 9.95. The van der Waals surface area contributed by atoms with E-state index < -0.39 is 16.8 Å². The number of anilines is 1. The van der Waals surface area contributed by atoms with Gasteiger partial charge in [0.05, 0.1) is 18.1 Å². The van der Waals surface area contributed by atoms with E-state index in [0.29, 0.717) is 11.3 Å². The summed E-state index contributed by atoms with van der Waals surface area (Å²) in [6.07, 6.45) is -0.00930. The molecular formula is C19H20N2O5. The number of rotatable bonds is 8. The van der Waals surface area contributed by atoms with Gasteiger partial charge in [-0.3, -0.25) is 14.9 Å². The summed E-state index contributed by atoms with van der Waals surface area (Å²) in [6, 6.07) is 15.2. The van der Waals surface area contributed by atoms with Gasteiger partial charge in [-0.2, -0.15) is 0 Å². The van der Waals surface area contributed by atoms with E-state index >= 15 is 0 Å². The maximum absolute atomic E-state index is 12.3. The molecule has 1 amide bonds. The predicted molar refractivity (Wildman–Crippen MR) is 96.7 cm³/mol. The SMILES string of the molecule is CCOC(=O)c1ccc(NC(=O)CC(C[N+](=O)[O-])c2ccccc2)cc1. The van der Waals surface area contributed by atoms with E-state index in [4.69, 9.17) is 4.74 Å². The monoisotopic (exact) mass is 356 g/mol. The third kappa shape index (κ3) is 5.70. The first kappa shape index (κ1) is 19.1. The van der Waals surface area contributed by atoms with E-state index in [0.717, 1.165) is 5.56 Å². The molecule has 1 unspecified atom stereocenters.